The van der Waals surface area contributed by atoms with E-state index in [2.05, 4.69) is 27.0 Å². The highest BCUT2D eigenvalue weighted by atomic mass is 28.4. The van der Waals surface area contributed by atoms with Crippen LogP contribution in [0.2, 0.25) is 12.6 Å². The molecule has 0 N–H and O–H groups in total. The fraction of sp³-hybridized carbons (Fsp3) is 0.850. The van der Waals surface area contributed by atoms with Crippen molar-refractivity contribution in [1.29, 1.82) is 0 Å². The standard InChI is InChI=1S/C20H40O4Si/c1-6-8-10-12-16-23-25(5,24-17-13-11-9-7-2)18-14-15-22-20(21)19(3)4/h3,6-18H2,1-2,4-5H3. The van der Waals surface area contributed by atoms with Crippen LogP contribution in [-0.4, -0.2) is 34.4 Å². The summed E-state index contributed by atoms with van der Waals surface area (Å²) in [6.07, 6.45) is 10.4. The number of carbonyl (C=O) groups excluding carboxylic acids is 1. The predicted molar refractivity (Wildman–Crippen MR) is 107 cm³/mol. The number of esters is 1. The molecule has 0 fully saturated rings. The number of unbranched alkanes of at least 4 members (excludes halogenated alkanes) is 6. The Bertz CT molecular complexity index is 344. The maximum absolute atomic E-state index is 11.4. The lowest BCUT2D eigenvalue weighted by Gasteiger charge is -2.27. The zero-order chi connectivity index (χ0) is 19.0. The molecule has 0 unspecified atom stereocenters. The van der Waals surface area contributed by atoms with E-state index in [1.54, 1.807) is 6.92 Å². The van der Waals surface area contributed by atoms with Crippen LogP contribution < -0.4 is 0 Å². The third-order valence-electron chi connectivity index (χ3n) is 4.17. The van der Waals surface area contributed by atoms with Gasteiger partial charge in [0.15, 0.2) is 0 Å². The van der Waals surface area contributed by atoms with Crippen LogP contribution >= 0.6 is 0 Å². The summed E-state index contributed by atoms with van der Waals surface area (Å²) in [6.45, 7) is 13.8. The SMILES string of the molecule is C=C(C)C(=O)OCCC[Si](C)(OCCCCCC)OCCCCCC. The molecular formula is C20H40O4Si. The molecule has 0 aliphatic heterocycles. The van der Waals surface area contributed by atoms with E-state index in [0.29, 0.717) is 12.2 Å². The van der Waals surface area contributed by atoms with Gasteiger partial charge in [-0.25, -0.2) is 4.79 Å². The van der Waals surface area contributed by atoms with Gasteiger partial charge >= 0.3 is 14.5 Å². The second kappa shape index (κ2) is 15.6. The van der Waals surface area contributed by atoms with Gasteiger partial charge in [0.05, 0.1) is 6.61 Å². The number of ether oxygens (including phenoxy) is 1. The molecule has 0 atom stereocenters. The monoisotopic (exact) mass is 372 g/mol. The first kappa shape index (κ1) is 24.3. The third-order valence-corrected chi connectivity index (χ3v) is 7.06. The van der Waals surface area contributed by atoms with Crippen molar-refractivity contribution in [1.82, 2.24) is 0 Å². The number of hydrogen-bond donors (Lipinski definition) is 0. The van der Waals surface area contributed by atoms with Crippen molar-refractivity contribution in [3.63, 3.8) is 0 Å². The third kappa shape index (κ3) is 14.2. The highest BCUT2D eigenvalue weighted by molar-refractivity contribution is 6.66. The lowest BCUT2D eigenvalue weighted by molar-refractivity contribution is -0.138. The van der Waals surface area contributed by atoms with Crippen molar-refractivity contribution >= 4 is 14.5 Å². The molecule has 0 aliphatic rings. The molecule has 0 aromatic heterocycles. The van der Waals surface area contributed by atoms with Crippen LogP contribution in [-0.2, 0) is 18.4 Å². The molecule has 4 nitrogen and oxygen atoms in total. The number of hydrogen-bond acceptors (Lipinski definition) is 4. The van der Waals surface area contributed by atoms with Crippen LogP contribution in [0.5, 0.6) is 0 Å². The largest absolute Gasteiger partial charge is 0.462 e. The molecule has 0 aromatic rings. The minimum Gasteiger partial charge on any atom is -0.462 e. The maximum Gasteiger partial charge on any atom is 0.335 e. The summed E-state index contributed by atoms with van der Waals surface area (Å²) in [6, 6.07) is 0.859. The molecule has 148 valence electrons. The van der Waals surface area contributed by atoms with Crippen LogP contribution in [0.3, 0.4) is 0 Å². The summed E-state index contributed by atoms with van der Waals surface area (Å²) < 4.78 is 17.6. The zero-order valence-corrected chi connectivity index (χ0v) is 18.0. The van der Waals surface area contributed by atoms with Crippen LogP contribution in [0.4, 0.5) is 0 Å². The van der Waals surface area contributed by atoms with E-state index in [0.717, 1.165) is 38.5 Å². The molecule has 0 aromatic carbocycles. The molecule has 0 saturated heterocycles. The lowest BCUT2D eigenvalue weighted by atomic mass is 10.2. The molecule has 0 saturated carbocycles. The molecule has 5 heteroatoms. The topological polar surface area (TPSA) is 44.8 Å². The van der Waals surface area contributed by atoms with Crippen LogP contribution in [0, 0.1) is 0 Å². The second-order valence-electron chi connectivity index (χ2n) is 6.97. The van der Waals surface area contributed by atoms with Gasteiger partial charge in [0.1, 0.15) is 0 Å². The van der Waals surface area contributed by atoms with Gasteiger partial charge < -0.3 is 13.6 Å². The van der Waals surface area contributed by atoms with Gasteiger partial charge in [0.25, 0.3) is 0 Å². The molecule has 0 spiro atoms. The van der Waals surface area contributed by atoms with Gasteiger partial charge in [-0.3, -0.25) is 0 Å². The Labute approximate surface area is 156 Å². The molecule has 0 radical (unpaired) electrons. The summed E-state index contributed by atoms with van der Waals surface area (Å²) >= 11 is 0. The first-order chi connectivity index (χ1) is 11.9. The normalized spacial score (nSPS) is 11.5. The Hall–Kier alpha value is -0.653. The summed E-state index contributed by atoms with van der Waals surface area (Å²) in [5.74, 6) is -0.315. The molecule has 0 aliphatic carbocycles. The Morgan fingerprint density at radius 3 is 1.80 bits per heavy atom. The van der Waals surface area contributed by atoms with Gasteiger partial charge in [0, 0.05) is 18.8 Å². The molecular weight excluding hydrogens is 332 g/mol. The minimum atomic E-state index is -2.18. The van der Waals surface area contributed by atoms with Crippen molar-refractivity contribution < 1.29 is 18.4 Å². The Kier molecular flexibility index (Phi) is 15.2. The molecule has 25 heavy (non-hydrogen) atoms. The molecule has 0 heterocycles. The van der Waals surface area contributed by atoms with Crippen molar-refractivity contribution in [2.75, 3.05) is 19.8 Å². The van der Waals surface area contributed by atoms with Crippen molar-refractivity contribution in [2.24, 2.45) is 0 Å². The first-order valence-electron chi connectivity index (χ1n) is 10.1. The van der Waals surface area contributed by atoms with E-state index in [1.165, 1.54) is 38.5 Å². The fourth-order valence-corrected chi connectivity index (χ4v) is 4.81. The van der Waals surface area contributed by atoms with E-state index in [-0.39, 0.29) is 5.97 Å². The zero-order valence-electron chi connectivity index (χ0n) is 17.0. The van der Waals surface area contributed by atoms with E-state index in [4.69, 9.17) is 13.6 Å². The van der Waals surface area contributed by atoms with Crippen LogP contribution in [0.15, 0.2) is 12.2 Å². The van der Waals surface area contributed by atoms with E-state index >= 15 is 0 Å². The van der Waals surface area contributed by atoms with Gasteiger partial charge in [-0.05, 0) is 38.8 Å². The first-order valence-corrected chi connectivity index (χ1v) is 12.6. The highest BCUT2D eigenvalue weighted by Gasteiger charge is 2.31. The summed E-state index contributed by atoms with van der Waals surface area (Å²) in [5, 5.41) is 0. The van der Waals surface area contributed by atoms with E-state index < -0.39 is 8.56 Å². The predicted octanol–water partition coefficient (Wildman–Crippen LogP) is 5.76. The summed E-state index contributed by atoms with van der Waals surface area (Å²) in [4.78, 5) is 11.4. The quantitative estimate of drug-likeness (QED) is 0.141. The Balaban J connectivity index is 4.19. The average molecular weight is 373 g/mol. The van der Waals surface area contributed by atoms with Gasteiger partial charge in [0.2, 0.25) is 0 Å². The van der Waals surface area contributed by atoms with Gasteiger partial charge in [-0.15, -0.1) is 0 Å². The van der Waals surface area contributed by atoms with Gasteiger partial charge in [-0.2, -0.15) is 0 Å². The van der Waals surface area contributed by atoms with Crippen LogP contribution in [0.25, 0.3) is 0 Å². The van der Waals surface area contributed by atoms with Crippen LogP contribution in [0.1, 0.15) is 78.6 Å². The second-order valence-corrected chi connectivity index (χ2v) is 10.3. The fourth-order valence-electron chi connectivity index (χ4n) is 2.50. The highest BCUT2D eigenvalue weighted by Crippen LogP contribution is 2.18. The Morgan fingerprint density at radius 2 is 1.36 bits per heavy atom. The van der Waals surface area contributed by atoms with Crippen molar-refractivity contribution in [2.45, 2.75) is 91.1 Å². The molecule has 0 amide bonds. The van der Waals surface area contributed by atoms with Gasteiger partial charge in [-0.1, -0.05) is 59.0 Å². The number of carbonyl (C=O) groups is 1. The summed E-state index contributed by atoms with van der Waals surface area (Å²) in [5.41, 5.74) is 0.444. The maximum atomic E-state index is 11.4. The summed E-state index contributed by atoms with van der Waals surface area (Å²) in [7, 11) is -2.18. The molecule has 0 bridgehead atoms. The van der Waals surface area contributed by atoms with E-state index in [1.807, 2.05) is 0 Å². The van der Waals surface area contributed by atoms with Crippen molar-refractivity contribution in [3.8, 4) is 0 Å². The Morgan fingerprint density at radius 1 is 0.840 bits per heavy atom. The lowest BCUT2D eigenvalue weighted by Crippen LogP contribution is -2.39. The minimum absolute atomic E-state index is 0.315. The molecule has 0 rings (SSSR count). The number of rotatable bonds is 17. The average Bonchev–Trinajstić information content (AvgIpc) is 2.58. The smallest absolute Gasteiger partial charge is 0.335 e. The van der Waals surface area contributed by atoms with E-state index in [9.17, 15) is 4.79 Å². The van der Waals surface area contributed by atoms with Crippen molar-refractivity contribution in [3.05, 3.63) is 12.2 Å².